The summed E-state index contributed by atoms with van der Waals surface area (Å²) in [4.78, 5) is 27.0. The maximum absolute atomic E-state index is 13.7. The molecule has 1 aromatic rings. The highest BCUT2D eigenvalue weighted by Gasteiger charge is 2.46. The molecule has 0 saturated carbocycles. The Morgan fingerprint density at radius 1 is 1.09 bits per heavy atom. The van der Waals surface area contributed by atoms with E-state index in [1.165, 1.54) is 5.57 Å². The number of carbonyl (C=O) groups excluding carboxylic acids is 2. The summed E-state index contributed by atoms with van der Waals surface area (Å²) in [5.41, 5.74) is 4.64. The molecule has 0 aromatic heterocycles. The summed E-state index contributed by atoms with van der Waals surface area (Å²) in [7, 11) is 0. The van der Waals surface area contributed by atoms with Gasteiger partial charge in [-0.3, -0.25) is 9.59 Å². The number of hydrogen-bond acceptors (Lipinski definition) is 3. The molecule has 3 heteroatoms. The van der Waals surface area contributed by atoms with E-state index < -0.39 is 5.41 Å². The van der Waals surface area contributed by atoms with Crippen LogP contribution in [0.2, 0.25) is 0 Å². The lowest BCUT2D eigenvalue weighted by Crippen LogP contribution is -2.47. The van der Waals surface area contributed by atoms with Gasteiger partial charge in [0.15, 0.2) is 11.6 Å². The van der Waals surface area contributed by atoms with Crippen molar-refractivity contribution >= 4 is 17.1 Å². The first kappa shape index (κ1) is 22.7. The van der Waals surface area contributed by atoms with Crippen molar-refractivity contribution in [1.29, 1.82) is 0 Å². The second-order valence-corrected chi connectivity index (χ2v) is 9.29. The monoisotopic (exact) mass is 429 g/mol. The van der Waals surface area contributed by atoms with Crippen LogP contribution in [-0.4, -0.2) is 24.7 Å². The second kappa shape index (κ2) is 10.4. The van der Waals surface area contributed by atoms with E-state index in [0.29, 0.717) is 6.42 Å². The number of benzene rings is 1. The minimum absolute atomic E-state index is 0.186. The van der Waals surface area contributed by atoms with Gasteiger partial charge in [-0.25, -0.2) is 0 Å². The number of rotatable bonds is 7. The minimum Gasteiger partial charge on any atom is -0.317 e. The molecule has 0 unspecified atom stereocenters. The van der Waals surface area contributed by atoms with Crippen LogP contribution in [0.15, 0.2) is 60.2 Å². The molecule has 0 radical (unpaired) electrons. The predicted octanol–water partition coefficient (Wildman–Crippen LogP) is 6.26. The van der Waals surface area contributed by atoms with Gasteiger partial charge in [0.2, 0.25) is 0 Å². The molecule has 1 N–H and O–H groups in total. The van der Waals surface area contributed by atoms with Gasteiger partial charge in [-0.15, -0.1) is 0 Å². The lowest BCUT2D eigenvalue weighted by Gasteiger charge is -2.41. The van der Waals surface area contributed by atoms with E-state index in [0.717, 1.165) is 86.7 Å². The molecule has 2 aliphatic carbocycles. The summed E-state index contributed by atoms with van der Waals surface area (Å²) in [5, 5.41) is 3.41. The van der Waals surface area contributed by atoms with Gasteiger partial charge in [0.25, 0.3) is 0 Å². The highest BCUT2D eigenvalue weighted by molar-refractivity contribution is 6.11. The van der Waals surface area contributed by atoms with Crippen LogP contribution in [0.4, 0.5) is 0 Å². The van der Waals surface area contributed by atoms with Crippen molar-refractivity contribution in [2.75, 3.05) is 13.1 Å². The smallest absolute Gasteiger partial charge is 0.166 e. The summed E-state index contributed by atoms with van der Waals surface area (Å²) in [6, 6.07) is 6.11. The van der Waals surface area contributed by atoms with Gasteiger partial charge >= 0.3 is 0 Å². The first-order chi connectivity index (χ1) is 15.7. The average molecular weight is 430 g/mol. The van der Waals surface area contributed by atoms with Crippen LogP contribution >= 0.6 is 0 Å². The third-order valence-electron chi connectivity index (χ3n) is 7.12. The predicted molar refractivity (Wildman–Crippen MR) is 132 cm³/mol. The van der Waals surface area contributed by atoms with Crippen molar-refractivity contribution in [3.05, 3.63) is 76.9 Å². The Bertz CT molecular complexity index is 986. The van der Waals surface area contributed by atoms with E-state index in [1.54, 1.807) is 0 Å². The van der Waals surface area contributed by atoms with Gasteiger partial charge in [-0.2, -0.15) is 0 Å². The van der Waals surface area contributed by atoms with E-state index in [-0.39, 0.29) is 11.6 Å². The number of allylic oxidation sites excluding steroid dienone is 8. The molecule has 1 aliphatic heterocycles. The molecule has 1 saturated heterocycles. The molecule has 1 spiro atoms. The number of nitrogens with one attached hydrogen (secondary N) is 1. The zero-order valence-electron chi connectivity index (χ0n) is 19.3. The average Bonchev–Trinajstić information content (AvgIpc) is 2.79. The molecular formula is C29H35NO2. The highest BCUT2D eigenvalue weighted by atomic mass is 16.1. The third kappa shape index (κ3) is 4.63. The maximum atomic E-state index is 13.7. The summed E-state index contributed by atoms with van der Waals surface area (Å²) in [6.07, 6.45) is 20.6. The number of hydrogen-bond donors (Lipinski definition) is 1. The lowest BCUT2D eigenvalue weighted by atomic mass is 9.62. The van der Waals surface area contributed by atoms with Gasteiger partial charge in [0.1, 0.15) is 0 Å². The van der Waals surface area contributed by atoms with Gasteiger partial charge in [0, 0.05) is 12.0 Å². The standard InChI is InChI=1S/C29H35NO2/c1-2-3-7-15-26(31)25-14-10-13-24-23(20-22-11-8-5-4-6-9-12-22)21-27(32)29(28(24)25)16-18-30-19-17-29/h4-5,8,10-14,21,30H,2-3,6-7,9,15-20H2,1H3/b5-4+,11-8-,22-12+. The van der Waals surface area contributed by atoms with E-state index in [2.05, 4.69) is 48.7 Å². The molecule has 168 valence electrons. The van der Waals surface area contributed by atoms with Gasteiger partial charge in [0.05, 0.1) is 5.41 Å². The van der Waals surface area contributed by atoms with Crippen molar-refractivity contribution in [2.24, 2.45) is 0 Å². The fraction of sp³-hybridized carbons (Fsp3) is 0.448. The molecule has 4 rings (SSSR count). The lowest BCUT2D eigenvalue weighted by molar-refractivity contribution is -0.121. The number of piperidine rings is 1. The molecule has 0 bridgehead atoms. The first-order valence-electron chi connectivity index (χ1n) is 12.3. The zero-order chi connectivity index (χ0) is 22.4. The fourth-order valence-electron chi connectivity index (χ4n) is 5.37. The molecule has 0 amide bonds. The number of unbranched alkanes of at least 4 members (excludes halogenated alkanes) is 2. The molecule has 32 heavy (non-hydrogen) atoms. The Kier molecular flexibility index (Phi) is 7.36. The van der Waals surface area contributed by atoms with E-state index in [9.17, 15) is 9.59 Å². The van der Waals surface area contributed by atoms with Crippen molar-refractivity contribution in [1.82, 2.24) is 5.32 Å². The van der Waals surface area contributed by atoms with E-state index in [1.807, 2.05) is 18.2 Å². The first-order valence-corrected chi connectivity index (χ1v) is 12.3. The van der Waals surface area contributed by atoms with E-state index in [4.69, 9.17) is 0 Å². The summed E-state index contributed by atoms with van der Waals surface area (Å²) >= 11 is 0. The molecule has 1 fully saturated rings. The molecule has 1 heterocycles. The Morgan fingerprint density at radius 3 is 2.75 bits per heavy atom. The van der Waals surface area contributed by atoms with Crippen LogP contribution in [-0.2, 0) is 10.2 Å². The maximum Gasteiger partial charge on any atom is 0.166 e. The number of ketones is 2. The van der Waals surface area contributed by atoms with E-state index >= 15 is 0 Å². The molecular weight excluding hydrogens is 394 g/mol. The van der Waals surface area contributed by atoms with Crippen LogP contribution in [0, 0.1) is 0 Å². The topological polar surface area (TPSA) is 46.2 Å². The van der Waals surface area contributed by atoms with Crippen LogP contribution in [0.1, 0.15) is 86.2 Å². The Labute approximate surface area is 192 Å². The van der Waals surface area contributed by atoms with Crippen molar-refractivity contribution in [3.8, 4) is 0 Å². The molecule has 0 atom stereocenters. The number of carbonyl (C=O) groups is 2. The van der Waals surface area contributed by atoms with Crippen molar-refractivity contribution < 1.29 is 9.59 Å². The fourth-order valence-corrected chi connectivity index (χ4v) is 5.37. The highest BCUT2D eigenvalue weighted by Crippen LogP contribution is 2.46. The quantitative estimate of drug-likeness (QED) is 0.411. The summed E-state index contributed by atoms with van der Waals surface area (Å²) in [5.74, 6) is 0.378. The van der Waals surface area contributed by atoms with Crippen molar-refractivity contribution in [2.45, 2.75) is 70.1 Å². The second-order valence-electron chi connectivity index (χ2n) is 9.29. The molecule has 3 aliphatic rings. The largest absolute Gasteiger partial charge is 0.317 e. The third-order valence-corrected chi connectivity index (χ3v) is 7.12. The Hall–Kier alpha value is -2.52. The van der Waals surface area contributed by atoms with Crippen LogP contribution in [0.5, 0.6) is 0 Å². The normalized spacial score (nSPS) is 23.3. The van der Waals surface area contributed by atoms with Crippen LogP contribution in [0.3, 0.4) is 0 Å². The molecule has 3 nitrogen and oxygen atoms in total. The summed E-state index contributed by atoms with van der Waals surface area (Å²) in [6.45, 7) is 3.78. The Balaban J connectivity index is 1.76. The van der Waals surface area contributed by atoms with Gasteiger partial charge < -0.3 is 5.32 Å². The number of fused-ring (bicyclic) bond motifs is 2. The molecule has 1 aromatic carbocycles. The summed E-state index contributed by atoms with van der Waals surface area (Å²) < 4.78 is 0. The Morgan fingerprint density at radius 2 is 1.94 bits per heavy atom. The van der Waals surface area contributed by atoms with Crippen molar-refractivity contribution in [3.63, 3.8) is 0 Å². The van der Waals surface area contributed by atoms with Crippen LogP contribution in [0.25, 0.3) is 5.57 Å². The minimum atomic E-state index is -0.561. The van der Waals surface area contributed by atoms with Crippen LogP contribution < -0.4 is 5.32 Å². The number of Topliss-reactive ketones (excluding diaryl/α,β-unsaturated/α-hetero) is 1. The SMILES string of the molecule is CCCCCC(=O)c1cccc2c1C1(CCNCC1)C(=O)C=C2CC1=C/CC/C=C/C=C\1. The van der Waals surface area contributed by atoms with Gasteiger partial charge in [-0.1, -0.05) is 68.3 Å². The van der Waals surface area contributed by atoms with Gasteiger partial charge in [-0.05, 0) is 80.0 Å². The zero-order valence-corrected chi connectivity index (χ0v) is 19.3.